The van der Waals surface area contributed by atoms with Crippen molar-refractivity contribution in [2.45, 2.75) is 58.0 Å². The molecule has 2 atom stereocenters. The molecule has 5 rings (SSSR count). The molecule has 2 aromatic rings. The van der Waals surface area contributed by atoms with Gasteiger partial charge in [0, 0.05) is 37.0 Å². The fourth-order valence-electron chi connectivity index (χ4n) is 5.67. The lowest BCUT2D eigenvalue weighted by atomic mass is 9.64. The van der Waals surface area contributed by atoms with Crippen LogP contribution in [0.5, 0.6) is 5.75 Å². The molecule has 2 unspecified atom stereocenters. The monoisotopic (exact) mass is 429 g/mol. The molecule has 1 aromatic heterocycles. The van der Waals surface area contributed by atoms with Crippen molar-refractivity contribution in [3.63, 3.8) is 0 Å². The van der Waals surface area contributed by atoms with Crippen LogP contribution in [0.25, 0.3) is 0 Å². The number of hydrogen-bond acceptors (Lipinski definition) is 5. The number of aliphatic hydroxyl groups is 1. The minimum absolute atomic E-state index is 0.0269. The fraction of sp³-hybridized carbons (Fsp3) is 0.625. The number of imidazole rings is 1. The van der Waals surface area contributed by atoms with Gasteiger partial charge in [-0.2, -0.15) is 0 Å². The number of nitrogens with zero attached hydrogens (tertiary/aromatic N) is 3. The van der Waals surface area contributed by atoms with Gasteiger partial charge in [-0.05, 0) is 69.8 Å². The van der Waals surface area contributed by atoms with Crippen LogP contribution in [0.3, 0.4) is 0 Å². The molecule has 3 aliphatic heterocycles. The summed E-state index contributed by atoms with van der Waals surface area (Å²) in [5, 5.41) is 9.38. The van der Waals surface area contributed by atoms with Gasteiger partial charge in [-0.3, -0.25) is 0 Å². The van der Waals surface area contributed by atoms with Gasteiger partial charge in [0.2, 0.25) is 0 Å². The maximum absolute atomic E-state index is 13.9. The molecule has 1 spiro atoms. The Labute approximate surface area is 183 Å². The third kappa shape index (κ3) is 3.88. The van der Waals surface area contributed by atoms with E-state index in [1.807, 2.05) is 10.8 Å². The second-order valence-electron chi connectivity index (χ2n) is 9.97. The van der Waals surface area contributed by atoms with E-state index in [-0.39, 0.29) is 35.5 Å². The summed E-state index contributed by atoms with van der Waals surface area (Å²) < 4.78 is 28.7. The maximum Gasteiger partial charge on any atom is 0.134 e. The van der Waals surface area contributed by atoms with Gasteiger partial charge in [0.1, 0.15) is 29.6 Å². The molecule has 0 bridgehead atoms. The molecule has 31 heavy (non-hydrogen) atoms. The van der Waals surface area contributed by atoms with Crippen molar-refractivity contribution < 1.29 is 19.0 Å². The summed E-state index contributed by atoms with van der Waals surface area (Å²) in [6.07, 6.45) is 6.81. The minimum atomic E-state index is -0.345. The SMILES string of the molecule is CC1(C)Oc2ccc(F)cc2C2OCC3(CCN(CCn4ccnc4CO)CC3)CC21. The molecule has 0 saturated carbocycles. The number of aliphatic hydroxyl groups excluding tert-OH is 1. The minimum Gasteiger partial charge on any atom is -0.487 e. The molecule has 4 heterocycles. The Morgan fingerprint density at radius 1 is 1.23 bits per heavy atom. The van der Waals surface area contributed by atoms with Crippen molar-refractivity contribution in [1.82, 2.24) is 14.5 Å². The molecule has 6 nitrogen and oxygen atoms in total. The summed E-state index contributed by atoms with van der Waals surface area (Å²) in [5.41, 5.74) is 0.674. The van der Waals surface area contributed by atoms with Crippen molar-refractivity contribution >= 4 is 0 Å². The molecular formula is C24H32FN3O3. The average Bonchev–Trinajstić information content (AvgIpc) is 3.22. The zero-order valence-corrected chi connectivity index (χ0v) is 18.4. The van der Waals surface area contributed by atoms with Gasteiger partial charge >= 0.3 is 0 Å². The van der Waals surface area contributed by atoms with E-state index in [4.69, 9.17) is 9.47 Å². The topological polar surface area (TPSA) is 59.8 Å². The van der Waals surface area contributed by atoms with Crippen LogP contribution < -0.4 is 4.74 Å². The summed E-state index contributed by atoms with van der Waals surface area (Å²) >= 11 is 0. The number of fused-ring (bicyclic) bond motifs is 3. The molecule has 3 aliphatic rings. The summed E-state index contributed by atoms with van der Waals surface area (Å²) in [6, 6.07) is 4.78. The number of hydrogen-bond donors (Lipinski definition) is 1. The Bertz CT molecular complexity index is 936. The number of rotatable bonds is 4. The number of ether oxygens (including phenoxy) is 2. The van der Waals surface area contributed by atoms with E-state index in [0.717, 1.165) is 69.2 Å². The lowest BCUT2D eigenvalue weighted by molar-refractivity contribution is -0.174. The average molecular weight is 430 g/mol. The van der Waals surface area contributed by atoms with Gasteiger partial charge in [0.05, 0.1) is 12.7 Å². The van der Waals surface area contributed by atoms with E-state index in [0.29, 0.717) is 0 Å². The smallest absolute Gasteiger partial charge is 0.134 e. The van der Waals surface area contributed by atoms with Crippen LogP contribution in [-0.2, 0) is 17.9 Å². The quantitative estimate of drug-likeness (QED) is 0.806. The molecule has 2 fully saturated rings. The van der Waals surface area contributed by atoms with Crippen LogP contribution in [0.15, 0.2) is 30.6 Å². The van der Waals surface area contributed by atoms with E-state index >= 15 is 0 Å². The first-order valence-electron chi connectivity index (χ1n) is 11.3. The molecular weight excluding hydrogens is 397 g/mol. The van der Waals surface area contributed by atoms with Crippen molar-refractivity contribution in [2.24, 2.45) is 11.3 Å². The van der Waals surface area contributed by atoms with Gasteiger partial charge in [0.15, 0.2) is 0 Å². The normalized spacial score (nSPS) is 26.8. The Hall–Kier alpha value is -1.96. The second kappa shape index (κ2) is 7.87. The van der Waals surface area contributed by atoms with Crippen molar-refractivity contribution in [3.05, 3.63) is 47.8 Å². The van der Waals surface area contributed by atoms with Gasteiger partial charge in [0.25, 0.3) is 0 Å². The van der Waals surface area contributed by atoms with E-state index in [2.05, 4.69) is 23.7 Å². The number of halogens is 1. The first-order valence-corrected chi connectivity index (χ1v) is 11.3. The van der Waals surface area contributed by atoms with E-state index in [1.54, 1.807) is 18.3 Å². The van der Waals surface area contributed by atoms with Gasteiger partial charge < -0.3 is 24.0 Å². The highest BCUT2D eigenvalue weighted by molar-refractivity contribution is 5.39. The third-order valence-corrected chi connectivity index (χ3v) is 7.65. The zero-order chi connectivity index (χ0) is 21.6. The van der Waals surface area contributed by atoms with E-state index in [9.17, 15) is 9.50 Å². The van der Waals surface area contributed by atoms with Crippen LogP contribution in [0.1, 0.15) is 50.6 Å². The molecule has 1 N–H and O–H groups in total. The van der Waals surface area contributed by atoms with Crippen LogP contribution in [0, 0.1) is 17.2 Å². The number of benzene rings is 1. The van der Waals surface area contributed by atoms with Crippen molar-refractivity contribution in [3.8, 4) is 5.75 Å². The Morgan fingerprint density at radius 3 is 2.81 bits per heavy atom. The molecule has 168 valence electrons. The molecule has 0 radical (unpaired) electrons. The molecule has 1 aromatic carbocycles. The van der Waals surface area contributed by atoms with Crippen LogP contribution in [0.2, 0.25) is 0 Å². The Balaban J connectivity index is 1.24. The number of aromatic nitrogens is 2. The Morgan fingerprint density at radius 2 is 2.03 bits per heavy atom. The summed E-state index contributed by atoms with van der Waals surface area (Å²) in [5.74, 6) is 1.44. The van der Waals surface area contributed by atoms with Gasteiger partial charge in [-0.1, -0.05) is 0 Å². The summed E-state index contributed by atoms with van der Waals surface area (Å²) in [7, 11) is 0. The Kier molecular flexibility index (Phi) is 5.31. The van der Waals surface area contributed by atoms with E-state index < -0.39 is 0 Å². The lowest BCUT2D eigenvalue weighted by Gasteiger charge is -2.54. The van der Waals surface area contributed by atoms with Crippen LogP contribution in [0.4, 0.5) is 4.39 Å². The highest BCUT2D eigenvalue weighted by atomic mass is 19.1. The molecule has 7 heteroatoms. The second-order valence-corrected chi connectivity index (χ2v) is 9.97. The van der Waals surface area contributed by atoms with Crippen LogP contribution in [-0.4, -0.2) is 51.4 Å². The fourth-order valence-corrected chi connectivity index (χ4v) is 5.67. The molecule has 0 amide bonds. The van der Waals surface area contributed by atoms with Gasteiger partial charge in [-0.25, -0.2) is 9.37 Å². The first kappa shape index (κ1) is 20.9. The van der Waals surface area contributed by atoms with Crippen molar-refractivity contribution in [1.29, 1.82) is 0 Å². The number of piperidine rings is 1. The largest absolute Gasteiger partial charge is 0.487 e. The van der Waals surface area contributed by atoms with Crippen LogP contribution >= 0.6 is 0 Å². The maximum atomic E-state index is 13.9. The highest BCUT2D eigenvalue weighted by Crippen LogP contribution is 2.55. The lowest BCUT2D eigenvalue weighted by Crippen LogP contribution is -2.54. The highest BCUT2D eigenvalue weighted by Gasteiger charge is 2.52. The zero-order valence-electron chi connectivity index (χ0n) is 18.4. The standard InChI is InChI=1S/C24H32FN3O3/c1-23(2)19-14-24(16-30-22(19)18-13-17(25)3-4-20(18)31-23)5-8-27(9-6-24)11-12-28-10-7-26-21(28)15-29/h3-4,7,10,13,19,22,29H,5-6,8-9,11-12,14-16H2,1-2H3. The molecule has 0 aliphatic carbocycles. The van der Waals surface area contributed by atoms with Gasteiger partial charge in [-0.15, -0.1) is 0 Å². The first-order chi connectivity index (χ1) is 14.9. The third-order valence-electron chi connectivity index (χ3n) is 7.65. The summed E-state index contributed by atoms with van der Waals surface area (Å²) in [6.45, 7) is 8.84. The predicted octanol–water partition coefficient (Wildman–Crippen LogP) is 3.55. The summed E-state index contributed by atoms with van der Waals surface area (Å²) in [4.78, 5) is 6.67. The predicted molar refractivity (Wildman–Crippen MR) is 114 cm³/mol. The number of likely N-dealkylation sites (tertiary alicyclic amines) is 1. The molecule has 2 saturated heterocycles. The van der Waals surface area contributed by atoms with Crippen molar-refractivity contribution in [2.75, 3.05) is 26.2 Å². The van der Waals surface area contributed by atoms with E-state index in [1.165, 1.54) is 6.07 Å².